The zero-order valence-electron chi connectivity index (χ0n) is 10.9. The summed E-state index contributed by atoms with van der Waals surface area (Å²) >= 11 is 0. The Morgan fingerprint density at radius 1 is 1.56 bits per heavy atom. The molecule has 1 amide bonds. The quantitative estimate of drug-likeness (QED) is 0.773. The molecule has 0 spiro atoms. The summed E-state index contributed by atoms with van der Waals surface area (Å²) in [6, 6.07) is 0.389. The van der Waals surface area contributed by atoms with Gasteiger partial charge in [-0.3, -0.25) is 4.79 Å². The topological polar surface area (TPSA) is 86.8 Å². The second-order valence-corrected chi connectivity index (χ2v) is 5.13. The van der Waals surface area contributed by atoms with Crippen LogP contribution in [0.25, 0.3) is 0 Å². The van der Waals surface area contributed by atoms with Crippen molar-refractivity contribution in [3.8, 4) is 0 Å². The van der Waals surface area contributed by atoms with E-state index in [-0.39, 0.29) is 11.7 Å². The standard InChI is InChI=1S/C11H20N6O/c1-8(2)6-17(7-9-4-3-5-12-9)11(18)10-13-15-16-14-10/h8-9,12H,3-7H2,1-2H3,(H,13,14,15,16). The largest absolute Gasteiger partial charge is 0.334 e. The maximum Gasteiger partial charge on any atom is 0.295 e. The minimum atomic E-state index is -0.147. The molecule has 0 saturated carbocycles. The number of tetrazole rings is 1. The summed E-state index contributed by atoms with van der Waals surface area (Å²) in [6.45, 7) is 6.66. The molecule has 1 atom stereocenters. The summed E-state index contributed by atoms with van der Waals surface area (Å²) in [5, 5.41) is 16.7. The van der Waals surface area contributed by atoms with Crippen molar-refractivity contribution in [2.24, 2.45) is 5.92 Å². The van der Waals surface area contributed by atoms with Crippen LogP contribution in [0.15, 0.2) is 0 Å². The Labute approximate surface area is 106 Å². The van der Waals surface area contributed by atoms with E-state index in [4.69, 9.17) is 0 Å². The van der Waals surface area contributed by atoms with Gasteiger partial charge in [0.15, 0.2) is 0 Å². The lowest BCUT2D eigenvalue weighted by atomic mass is 10.1. The molecule has 2 rings (SSSR count). The molecule has 2 heterocycles. The first-order chi connectivity index (χ1) is 8.66. The van der Waals surface area contributed by atoms with Crippen LogP contribution in [0.2, 0.25) is 0 Å². The number of hydrogen-bond donors (Lipinski definition) is 2. The molecule has 0 bridgehead atoms. The highest BCUT2D eigenvalue weighted by atomic mass is 16.2. The van der Waals surface area contributed by atoms with E-state index in [2.05, 4.69) is 39.8 Å². The van der Waals surface area contributed by atoms with Crippen LogP contribution in [-0.4, -0.2) is 57.1 Å². The monoisotopic (exact) mass is 252 g/mol. The molecule has 1 saturated heterocycles. The molecule has 0 radical (unpaired) electrons. The van der Waals surface area contributed by atoms with Gasteiger partial charge in [-0.25, -0.2) is 0 Å². The fraction of sp³-hybridized carbons (Fsp3) is 0.818. The lowest BCUT2D eigenvalue weighted by Gasteiger charge is -2.26. The minimum Gasteiger partial charge on any atom is -0.334 e. The van der Waals surface area contributed by atoms with Crippen LogP contribution in [-0.2, 0) is 0 Å². The Kier molecular flexibility index (Phi) is 4.24. The average Bonchev–Trinajstić information content (AvgIpc) is 2.99. The Hall–Kier alpha value is -1.50. The van der Waals surface area contributed by atoms with Gasteiger partial charge in [0.2, 0.25) is 0 Å². The number of aromatic nitrogens is 4. The predicted octanol–water partition coefficient (Wildman–Crippen LogP) is 0.0499. The number of H-pyrrole nitrogens is 1. The fourth-order valence-corrected chi connectivity index (χ4v) is 2.25. The molecule has 0 aliphatic carbocycles. The van der Waals surface area contributed by atoms with E-state index in [1.54, 1.807) is 0 Å². The molecule has 1 aromatic rings. The molecular formula is C11H20N6O. The highest BCUT2D eigenvalue weighted by Crippen LogP contribution is 2.10. The maximum atomic E-state index is 12.2. The Morgan fingerprint density at radius 2 is 2.39 bits per heavy atom. The first-order valence-corrected chi connectivity index (χ1v) is 6.43. The van der Waals surface area contributed by atoms with Gasteiger partial charge in [-0.1, -0.05) is 13.8 Å². The minimum absolute atomic E-state index is 0.147. The number of nitrogens with zero attached hydrogens (tertiary/aromatic N) is 4. The normalized spacial score (nSPS) is 19.4. The molecule has 1 fully saturated rings. The second kappa shape index (κ2) is 5.90. The second-order valence-electron chi connectivity index (χ2n) is 5.13. The number of rotatable bonds is 5. The zero-order valence-corrected chi connectivity index (χ0v) is 10.9. The van der Waals surface area contributed by atoms with Gasteiger partial charge in [0.1, 0.15) is 0 Å². The number of hydrogen-bond acceptors (Lipinski definition) is 5. The van der Waals surface area contributed by atoms with Crippen LogP contribution in [0, 0.1) is 5.92 Å². The van der Waals surface area contributed by atoms with Gasteiger partial charge in [-0.15, -0.1) is 10.2 Å². The van der Waals surface area contributed by atoms with Gasteiger partial charge in [0.25, 0.3) is 11.7 Å². The number of carbonyl (C=O) groups is 1. The van der Waals surface area contributed by atoms with Crippen LogP contribution in [0.3, 0.4) is 0 Å². The molecule has 7 nitrogen and oxygen atoms in total. The summed E-state index contributed by atoms with van der Waals surface area (Å²) in [4.78, 5) is 14.1. The molecule has 2 N–H and O–H groups in total. The highest BCUT2D eigenvalue weighted by Gasteiger charge is 2.25. The van der Waals surface area contributed by atoms with Crippen molar-refractivity contribution in [3.63, 3.8) is 0 Å². The predicted molar refractivity (Wildman–Crippen MR) is 65.9 cm³/mol. The van der Waals surface area contributed by atoms with E-state index in [1.807, 2.05) is 4.90 Å². The Balaban J connectivity index is 2.01. The number of amides is 1. The van der Waals surface area contributed by atoms with E-state index in [9.17, 15) is 4.79 Å². The van der Waals surface area contributed by atoms with Crippen LogP contribution in [0.4, 0.5) is 0 Å². The summed E-state index contributed by atoms with van der Waals surface area (Å²) in [7, 11) is 0. The summed E-state index contributed by atoms with van der Waals surface area (Å²) in [5.74, 6) is 0.419. The van der Waals surface area contributed by atoms with E-state index in [1.165, 1.54) is 6.42 Å². The molecule has 7 heteroatoms. The smallest absolute Gasteiger partial charge is 0.295 e. The van der Waals surface area contributed by atoms with Crippen molar-refractivity contribution < 1.29 is 4.79 Å². The van der Waals surface area contributed by atoms with Crippen molar-refractivity contribution in [2.45, 2.75) is 32.7 Å². The van der Waals surface area contributed by atoms with Gasteiger partial charge in [0, 0.05) is 19.1 Å². The lowest BCUT2D eigenvalue weighted by molar-refractivity contribution is 0.0709. The molecule has 100 valence electrons. The van der Waals surface area contributed by atoms with E-state index in [0.717, 1.165) is 13.0 Å². The van der Waals surface area contributed by atoms with E-state index >= 15 is 0 Å². The summed E-state index contributed by atoms with van der Waals surface area (Å²) in [6.07, 6.45) is 2.30. The lowest BCUT2D eigenvalue weighted by Crippen LogP contribution is -2.43. The average molecular weight is 252 g/mol. The number of nitrogens with one attached hydrogen (secondary N) is 2. The maximum absolute atomic E-state index is 12.2. The van der Waals surface area contributed by atoms with E-state index in [0.29, 0.717) is 25.0 Å². The van der Waals surface area contributed by atoms with Gasteiger partial charge >= 0.3 is 0 Å². The van der Waals surface area contributed by atoms with E-state index < -0.39 is 0 Å². The van der Waals surface area contributed by atoms with Crippen molar-refractivity contribution >= 4 is 5.91 Å². The number of aromatic amines is 1. The molecule has 1 unspecified atom stereocenters. The summed E-state index contributed by atoms with van der Waals surface area (Å²) in [5.41, 5.74) is 0. The van der Waals surface area contributed by atoms with Crippen LogP contribution in [0.1, 0.15) is 37.3 Å². The van der Waals surface area contributed by atoms with Crippen LogP contribution >= 0.6 is 0 Å². The van der Waals surface area contributed by atoms with Crippen molar-refractivity contribution in [1.82, 2.24) is 30.8 Å². The van der Waals surface area contributed by atoms with Crippen LogP contribution < -0.4 is 5.32 Å². The first-order valence-electron chi connectivity index (χ1n) is 6.43. The van der Waals surface area contributed by atoms with Crippen molar-refractivity contribution in [2.75, 3.05) is 19.6 Å². The first kappa shape index (κ1) is 12.9. The molecule has 0 aromatic carbocycles. The van der Waals surface area contributed by atoms with Gasteiger partial charge in [0.05, 0.1) is 0 Å². The van der Waals surface area contributed by atoms with Crippen molar-refractivity contribution in [1.29, 1.82) is 0 Å². The number of carbonyl (C=O) groups excluding carboxylic acids is 1. The highest BCUT2D eigenvalue weighted by molar-refractivity contribution is 5.90. The molecule has 1 aliphatic rings. The molecule has 1 aliphatic heterocycles. The fourth-order valence-electron chi connectivity index (χ4n) is 2.25. The van der Waals surface area contributed by atoms with Crippen molar-refractivity contribution in [3.05, 3.63) is 5.82 Å². The third-order valence-corrected chi connectivity index (χ3v) is 3.01. The molecule has 1 aromatic heterocycles. The third-order valence-electron chi connectivity index (χ3n) is 3.01. The Bertz CT molecular complexity index is 371. The van der Waals surface area contributed by atoms with Crippen LogP contribution in [0.5, 0.6) is 0 Å². The molecule has 18 heavy (non-hydrogen) atoms. The molecular weight excluding hydrogens is 232 g/mol. The van der Waals surface area contributed by atoms with Gasteiger partial charge in [-0.2, -0.15) is 5.21 Å². The third kappa shape index (κ3) is 3.25. The summed E-state index contributed by atoms with van der Waals surface area (Å²) < 4.78 is 0. The van der Waals surface area contributed by atoms with Gasteiger partial charge in [-0.05, 0) is 30.5 Å². The van der Waals surface area contributed by atoms with Gasteiger partial charge < -0.3 is 10.2 Å². The SMILES string of the molecule is CC(C)CN(CC1CCCN1)C(=O)c1nn[nH]n1. The zero-order chi connectivity index (χ0) is 13.0. The Morgan fingerprint density at radius 3 is 2.94 bits per heavy atom.